The van der Waals surface area contributed by atoms with E-state index in [1.54, 1.807) is 0 Å². The summed E-state index contributed by atoms with van der Waals surface area (Å²) in [4.78, 5) is 2.53. The molecule has 5 rings (SSSR count). The summed E-state index contributed by atoms with van der Waals surface area (Å²) in [6, 6.07) is 6.56. The highest BCUT2D eigenvalue weighted by molar-refractivity contribution is 6.69. The van der Waals surface area contributed by atoms with Crippen LogP contribution in [0, 0.1) is 17.8 Å². The monoisotopic (exact) mass is 435 g/mol. The largest absolute Gasteiger partial charge is 0.400 e. The number of hydrogen-bond acceptors (Lipinski definition) is 5. The topological polar surface area (TPSA) is 66.9 Å². The minimum Gasteiger partial charge on any atom is -0.400 e. The highest BCUT2D eigenvalue weighted by Crippen LogP contribution is 2.39. The molecule has 0 aliphatic carbocycles. The van der Waals surface area contributed by atoms with Gasteiger partial charge in [0.2, 0.25) is 0 Å². The zero-order valence-corrected chi connectivity index (χ0v) is 19.9. The van der Waals surface area contributed by atoms with Crippen LogP contribution in [0.1, 0.15) is 35.4 Å². The second-order valence-corrected chi connectivity index (χ2v) is 14.1. The van der Waals surface area contributed by atoms with E-state index in [9.17, 15) is 0 Å². The standard InChI is InChI=1S/C24H33N5OSi/c1-5-6-21-17-19(8-10-23-25-27-28-26-23)7-9-20(21)11-14-24(30-31(2,3)4)18-29-15-12-22(24)13-16-29/h5,7,9,17,22H,1,6,8,10,12-13,15-16,18H2,2-4H3,(H,25,26,27,28). The Morgan fingerprint density at radius 2 is 2.10 bits per heavy atom. The SMILES string of the molecule is C=CCc1cc(CCc2nn[nH]n2)ccc1C#CC1(O[Si](C)(C)C)CN2CCC1CC2. The van der Waals surface area contributed by atoms with Crippen molar-refractivity contribution in [3.05, 3.63) is 53.4 Å². The van der Waals surface area contributed by atoms with Crippen molar-refractivity contribution < 1.29 is 4.43 Å². The van der Waals surface area contributed by atoms with Crippen molar-refractivity contribution >= 4 is 8.32 Å². The van der Waals surface area contributed by atoms with Gasteiger partial charge in [0.15, 0.2) is 14.1 Å². The molecule has 3 fully saturated rings. The first kappa shape index (κ1) is 21.9. The third kappa shape index (κ3) is 5.32. The molecule has 3 aliphatic rings. The normalized spacial score (nSPS) is 25.1. The maximum atomic E-state index is 6.81. The molecule has 0 spiro atoms. The molecule has 1 aromatic carbocycles. The third-order valence-electron chi connectivity index (χ3n) is 6.16. The molecule has 2 bridgehead atoms. The molecule has 4 heterocycles. The number of tetrazole rings is 1. The van der Waals surface area contributed by atoms with Gasteiger partial charge in [-0.1, -0.05) is 35.3 Å². The number of hydrogen-bond donors (Lipinski definition) is 1. The van der Waals surface area contributed by atoms with Crippen molar-refractivity contribution in [2.45, 2.75) is 57.3 Å². The van der Waals surface area contributed by atoms with E-state index in [0.717, 1.165) is 37.2 Å². The smallest absolute Gasteiger partial charge is 0.185 e. The molecular formula is C24H33N5OSi. The Bertz CT molecular complexity index is 964. The Morgan fingerprint density at radius 1 is 1.29 bits per heavy atom. The fraction of sp³-hybridized carbons (Fsp3) is 0.542. The van der Waals surface area contributed by atoms with E-state index in [1.807, 2.05) is 6.08 Å². The number of aromatic amines is 1. The van der Waals surface area contributed by atoms with Gasteiger partial charge in [-0.25, -0.2) is 0 Å². The molecule has 164 valence electrons. The lowest BCUT2D eigenvalue weighted by atomic mass is 9.75. The maximum absolute atomic E-state index is 6.81. The first-order valence-corrected chi connectivity index (χ1v) is 14.7. The zero-order valence-electron chi connectivity index (χ0n) is 18.9. The Hall–Kier alpha value is -2.27. The summed E-state index contributed by atoms with van der Waals surface area (Å²) in [5.74, 6) is 8.49. The van der Waals surface area contributed by atoms with Gasteiger partial charge in [0.1, 0.15) is 5.60 Å². The predicted molar refractivity (Wildman–Crippen MR) is 125 cm³/mol. The Kier molecular flexibility index (Phi) is 6.42. The van der Waals surface area contributed by atoms with E-state index in [2.05, 4.69) is 81.8 Å². The van der Waals surface area contributed by atoms with Gasteiger partial charge in [0.25, 0.3) is 0 Å². The number of H-pyrrole nitrogens is 1. The van der Waals surface area contributed by atoms with Gasteiger partial charge in [-0.15, -0.1) is 16.8 Å². The first-order valence-electron chi connectivity index (χ1n) is 11.3. The average Bonchev–Trinajstić information content (AvgIpc) is 3.25. The molecule has 6 nitrogen and oxygen atoms in total. The molecule has 1 aromatic heterocycles. The molecule has 0 amide bonds. The first-order chi connectivity index (χ1) is 14.9. The van der Waals surface area contributed by atoms with Crippen molar-refractivity contribution in [1.82, 2.24) is 25.5 Å². The highest BCUT2D eigenvalue weighted by Gasteiger charge is 2.48. The van der Waals surface area contributed by atoms with Gasteiger partial charge in [-0.2, -0.15) is 5.21 Å². The summed E-state index contributed by atoms with van der Waals surface area (Å²) in [6.45, 7) is 14.1. The number of rotatable bonds is 7. The molecule has 0 radical (unpaired) electrons. The van der Waals surface area contributed by atoms with E-state index in [-0.39, 0.29) is 5.60 Å². The van der Waals surface area contributed by atoms with Crippen LogP contribution in [0.4, 0.5) is 0 Å². The number of aromatic nitrogens is 4. The maximum Gasteiger partial charge on any atom is 0.185 e. The van der Waals surface area contributed by atoms with Crippen molar-refractivity contribution in [1.29, 1.82) is 0 Å². The van der Waals surface area contributed by atoms with Gasteiger partial charge in [-0.3, -0.25) is 4.90 Å². The number of allylic oxidation sites excluding steroid dienone is 1. The summed E-state index contributed by atoms with van der Waals surface area (Å²) in [5.41, 5.74) is 3.22. The van der Waals surface area contributed by atoms with Crippen LogP contribution in [0.25, 0.3) is 0 Å². The molecule has 0 saturated carbocycles. The number of fused-ring (bicyclic) bond motifs is 3. The molecule has 1 unspecified atom stereocenters. The van der Waals surface area contributed by atoms with Crippen LogP contribution in [-0.4, -0.2) is 59.1 Å². The summed E-state index contributed by atoms with van der Waals surface area (Å²) < 4.78 is 6.81. The van der Waals surface area contributed by atoms with Crippen LogP contribution in [-0.2, 0) is 23.7 Å². The molecular weight excluding hydrogens is 402 g/mol. The molecule has 2 aromatic rings. The highest BCUT2D eigenvalue weighted by atomic mass is 28.4. The van der Waals surface area contributed by atoms with E-state index >= 15 is 0 Å². The van der Waals surface area contributed by atoms with Crippen molar-refractivity contribution in [3.63, 3.8) is 0 Å². The lowest BCUT2D eigenvalue weighted by Gasteiger charge is -2.52. The molecule has 31 heavy (non-hydrogen) atoms. The van der Waals surface area contributed by atoms with Crippen molar-refractivity contribution in [2.75, 3.05) is 19.6 Å². The molecule has 1 atom stereocenters. The molecule has 7 heteroatoms. The number of piperidine rings is 3. The Balaban J connectivity index is 1.60. The fourth-order valence-corrected chi connectivity index (χ4v) is 6.19. The van der Waals surface area contributed by atoms with E-state index in [4.69, 9.17) is 4.43 Å². The molecule has 3 aliphatic heterocycles. The number of nitrogens with zero attached hydrogens (tertiary/aromatic N) is 4. The lowest BCUT2D eigenvalue weighted by Crippen LogP contribution is -2.62. The van der Waals surface area contributed by atoms with Gasteiger partial charge >= 0.3 is 0 Å². The summed E-state index contributed by atoms with van der Waals surface area (Å²) in [6.07, 6.45) is 6.77. The second-order valence-electron chi connectivity index (χ2n) is 9.72. The number of nitrogens with one attached hydrogen (secondary N) is 1. The van der Waals surface area contributed by atoms with E-state index in [1.165, 1.54) is 37.1 Å². The Labute approximate surface area is 186 Å². The van der Waals surface area contributed by atoms with Crippen LogP contribution in [0.5, 0.6) is 0 Å². The quantitative estimate of drug-likeness (QED) is 0.410. The summed E-state index contributed by atoms with van der Waals surface area (Å²) in [7, 11) is -1.73. The van der Waals surface area contributed by atoms with E-state index in [0.29, 0.717) is 5.92 Å². The van der Waals surface area contributed by atoms with Crippen molar-refractivity contribution in [2.24, 2.45) is 5.92 Å². The minimum atomic E-state index is -1.73. The van der Waals surface area contributed by atoms with Crippen LogP contribution >= 0.6 is 0 Å². The summed E-state index contributed by atoms with van der Waals surface area (Å²) in [5, 5.41) is 14.2. The number of aryl methyl sites for hydroxylation is 2. The van der Waals surface area contributed by atoms with Gasteiger partial charge in [0, 0.05) is 24.4 Å². The summed E-state index contributed by atoms with van der Waals surface area (Å²) >= 11 is 0. The average molecular weight is 436 g/mol. The van der Waals surface area contributed by atoms with Crippen LogP contribution in [0.15, 0.2) is 30.9 Å². The lowest BCUT2D eigenvalue weighted by molar-refractivity contribution is -0.0592. The van der Waals surface area contributed by atoms with Crippen molar-refractivity contribution in [3.8, 4) is 11.8 Å². The minimum absolute atomic E-state index is 0.330. The second kappa shape index (κ2) is 9.07. The third-order valence-corrected chi connectivity index (χ3v) is 7.14. The zero-order chi connectivity index (χ0) is 21.9. The number of benzene rings is 1. The predicted octanol–water partition coefficient (Wildman–Crippen LogP) is 3.38. The Morgan fingerprint density at radius 3 is 2.71 bits per heavy atom. The van der Waals surface area contributed by atoms with Crippen LogP contribution < -0.4 is 0 Å². The molecule has 1 N–H and O–H groups in total. The van der Waals surface area contributed by atoms with Gasteiger partial charge in [-0.05, 0) is 75.6 Å². The fourth-order valence-electron chi connectivity index (χ4n) is 4.81. The van der Waals surface area contributed by atoms with Gasteiger partial charge in [0.05, 0.1) is 0 Å². The van der Waals surface area contributed by atoms with Crippen LogP contribution in [0.2, 0.25) is 19.6 Å². The molecule has 3 saturated heterocycles. The van der Waals surface area contributed by atoms with Gasteiger partial charge < -0.3 is 4.43 Å². The van der Waals surface area contributed by atoms with Crippen LogP contribution in [0.3, 0.4) is 0 Å². The van der Waals surface area contributed by atoms with E-state index < -0.39 is 8.32 Å².